The van der Waals surface area contributed by atoms with Gasteiger partial charge in [0.05, 0.1) is 0 Å². The summed E-state index contributed by atoms with van der Waals surface area (Å²) in [6, 6.07) is 27.7. The Morgan fingerprint density at radius 3 is 1.19 bits per heavy atom. The largest absolute Gasteiger partial charge is 0.378 e. The number of nitrogens with zero attached hydrogens (tertiary/aromatic N) is 3. The molecule has 32 heavy (non-hydrogen) atoms. The molecule has 0 aliphatic heterocycles. The Hall–Kier alpha value is -2.94. The van der Waals surface area contributed by atoms with Crippen LogP contribution in [0.4, 0.5) is 17.1 Å². The van der Waals surface area contributed by atoms with Gasteiger partial charge in [0, 0.05) is 63.8 Å². The van der Waals surface area contributed by atoms with E-state index in [1.165, 1.54) is 33.8 Å². The smallest absolute Gasteiger partial charge is 0.0368 e. The molecule has 0 bridgehead atoms. The molecule has 0 aliphatic carbocycles. The van der Waals surface area contributed by atoms with Crippen molar-refractivity contribution in [1.82, 2.24) is 0 Å². The Kier molecular flexibility index (Phi) is 7.84. The second-order valence-electron chi connectivity index (χ2n) is 9.04. The standard InChI is InChI=1S/C29H39N3/c1-8-22(3)32(9-2)28-20-14-25(15-21-28)29(23-10-16-26(17-11-23)30(4)5)24-12-18-27(19-13-24)31(6)7/h10-22,29H,8-9H2,1-7H3. The highest BCUT2D eigenvalue weighted by molar-refractivity contribution is 5.55. The molecular weight excluding hydrogens is 390 g/mol. The summed E-state index contributed by atoms with van der Waals surface area (Å²) >= 11 is 0. The summed E-state index contributed by atoms with van der Waals surface area (Å²) in [5.74, 6) is 0.204. The van der Waals surface area contributed by atoms with Crippen LogP contribution in [-0.2, 0) is 0 Å². The van der Waals surface area contributed by atoms with E-state index in [0.29, 0.717) is 6.04 Å². The number of benzene rings is 3. The zero-order chi connectivity index (χ0) is 23.3. The molecule has 3 nitrogen and oxygen atoms in total. The minimum atomic E-state index is 0.204. The van der Waals surface area contributed by atoms with E-state index >= 15 is 0 Å². The first kappa shape index (κ1) is 23.7. The van der Waals surface area contributed by atoms with Crippen LogP contribution in [-0.4, -0.2) is 40.8 Å². The SMILES string of the molecule is CCC(C)N(CC)c1ccc(C(c2ccc(N(C)C)cc2)c2ccc(N(C)C)cc2)cc1. The number of anilines is 3. The molecule has 0 N–H and O–H groups in total. The fourth-order valence-corrected chi connectivity index (χ4v) is 4.33. The molecule has 1 unspecified atom stereocenters. The van der Waals surface area contributed by atoms with Gasteiger partial charge in [0.2, 0.25) is 0 Å². The molecule has 0 amide bonds. The van der Waals surface area contributed by atoms with E-state index in [9.17, 15) is 0 Å². The van der Waals surface area contributed by atoms with E-state index in [1.807, 2.05) is 0 Å². The number of hydrogen-bond acceptors (Lipinski definition) is 3. The van der Waals surface area contributed by atoms with Gasteiger partial charge in [0.15, 0.2) is 0 Å². The summed E-state index contributed by atoms with van der Waals surface area (Å²) in [5, 5.41) is 0. The molecule has 0 aromatic heterocycles. The van der Waals surface area contributed by atoms with Crippen molar-refractivity contribution in [3.63, 3.8) is 0 Å². The minimum Gasteiger partial charge on any atom is -0.378 e. The second kappa shape index (κ2) is 10.6. The van der Waals surface area contributed by atoms with Crippen molar-refractivity contribution in [2.24, 2.45) is 0 Å². The van der Waals surface area contributed by atoms with Crippen molar-refractivity contribution in [2.75, 3.05) is 49.4 Å². The molecule has 0 saturated heterocycles. The molecule has 0 fully saturated rings. The molecule has 170 valence electrons. The zero-order valence-electron chi connectivity index (χ0n) is 20.8. The topological polar surface area (TPSA) is 9.72 Å². The lowest BCUT2D eigenvalue weighted by Crippen LogP contribution is -2.32. The molecule has 3 rings (SSSR count). The van der Waals surface area contributed by atoms with E-state index in [0.717, 1.165) is 13.0 Å². The molecule has 0 radical (unpaired) electrons. The predicted octanol–water partition coefficient (Wildman–Crippen LogP) is 6.62. The fraction of sp³-hybridized carbons (Fsp3) is 0.379. The lowest BCUT2D eigenvalue weighted by molar-refractivity contribution is 0.630. The van der Waals surface area contributed by atoms with Gasteiger partial charge in [-0.05, 0) is 73.4 Å². The van der Waals surface area contributed by atoms with Crippen molar-refractivity contribution in [3.05, 3.63) is 89.5 Å². The Morgan fingerprint density at radius 2 is 0.906 bits per heavy atom. The van der Waals surface area contributed by atoms with Crippen molar-refractivity contribution >= 4 is 17.1 Å². The summed E-state index contributed by atoms with van der Waals surface area (Å²) in [6.45, 7) is 7.82. The van der Waals surface area contributed by atoms with Crippen molar-refractivity contribution in [3.8, 4) is 0 Å². The first-order chi connectivity index (χ1) is 15.3. The van der Waals surface area contributed by atoms with E-state index in [4.69, 9.17) is 0 Å². The lowest BCUT2D eigenvalue weighted by Gasteiger charge is -2.30. The van der Waals surface area contributed by atoms with Crippen LogP contribution in [0.2, 0.25) is 0 Å². The third-order valence-electron chi connectivity index (χ3n) is 6.51. The van der Waals surface area contributed by atoms with Crippen LogP contribution in [0.3, 0.4) is 0 Å². The van der Waals surface area contributed by atoms with Gasteiger partial charge in [-0.15, -0.1) is 0 Å². The van der Waals surface area contributed by atoms with Gasteiger partial charge in [0.25, 0.3) is 0 Å². The highest BCUT2D eigenvalue weighted by Gasteiger charge is 2.18. The summed E-state index contributed by atoms with van der Waals surface area (Å²) < 4.78 is 0. The van der Waals surface area contributed by atoms with Gasteiger partial charge < -0.3 is 14.7 Å². The second-order valence-corrected chi connectivity index (χ2v) is 9.04. The molecule has 3 aromatic rings. The Bertz CT molecular complexity index is 905. The van der Waals surface area contributed by atoms with Crippen molar-refractivity contribution in [2.45, 2.75) is 39.2 Å². The van der Waals surface area contributed by atoms with Gasteiger partial charge in [-0.2, -0.15) is 0 Å². The Morgan fingerprint density at radius 1 is 0.562 bits per heavy atom. The van der Waals surface area contributed by atoms with Gasteiger partial charge in [-0.3, -0.25) is 0 Å². The summed E-state index contributed by atoms with van der Waals surface area (Å²) in [6.07, 6.45) is 1.15. The van der Waals surface area contributed by atoms with Gasteiger partial charge in [-0.1, -0.05) is 43.3 Å². The van der Waals surface area contributed by atoms with Crippen LogP contribution in [0.1, 0.15) is 49.8 Å². The normalized spacial score (nSPS) is 12.0. The van der Waals surface area contributed by atoms with Crippen LogP contribution in [0.15, 0.2) is 72.8 Å². The molecule has 0 aliphatic rings. The molecule has 3 aromatic carbocycles. The van der Waals surface area contributed by atoms with Crippen LogP contribution in [0.25, 0.3) is 0 Å². The van der Waals surface area contributed by atoms with Crippen LogP contribution >= 0.6 is 0 Å². The molecule has 0 saturated carbocycles. The molecule has 0 spiro atoms. The maximum Gasteiger partial charge on any atom is 0.0368 e. The average molecular weight is 430 g/mol. The van der Waals surface area contributed by atoms with E-state index in [-0.39, 0.29) is 5.92 Å². The predicted molar refractivity (Wildman–Crippen MR) is 142 cm³/mol. The van der Waals surface area contributed by atoms with E-state index in [1.54, 1.807) is 0 Å². The zero-order valence-corrected chi connectivity index (χ0v) is 20.8. The highest BCUT2D eigenvalue weighted by atomic mass is 15.1. The van der Waals surface area contributed by atoms with Crippen LogP contribution < -0.4 is 14.7 Å². The highest BCUT2D eigenvalue weighted by Crippen LogP contribution is 2.35. The van der Waals surface area contributed by atoms with Crippen LogP contribution in [0, 0.1) is 0 Å². The lowest BCUT2D eigenvalue weighted by atomic mass is 9.85. The van der Waals surface area contributed by atoms with Crippen molar-refractivity contribution in [1.29, 1.82) is 0 Å². The monoisotopic (exact) mass is 429 g/mol. The summed E-state index contributed by atoms with van der Waals surface area (Å²) in [7, 11) is 8.34. The quantitative estimate of drug-likeness (QED) is 0.354. The molecule has 3 heteroatoms. The Labute approximate surface area is 195 Å². The third-order valence-corrected chi connectivity index (χ3v) is 6.51. The molecule has 0 heterocycles. The van der Waals surface area contributed by atoms with Gasteiger partial charge in [-0.25, -0.2) is 0 Å². The maximum absolute atomic E-state index is 2.48. The third kappa shape index (κ3) is 5.27. The van der Waals surface area contributed by atoms with E-state index < -0.39 is 0 Å². The summed E-state index contributed by atoms with van der Waals surface area (Å²) in [4.78, 5) is 6.78. The first-order valence-electron chi connectivity index (χ1n) is 11.8. The molecule has 1 atom stereocenters. The number of rotatable bonds is 9. The first-order valence-corrected chi connectivity index (χ1v) is 11.8. The fourth-order valence-electron chi connectivity index (χ4n) is 4.33. The minimum absolute atomic E-state index is 0.204. The average Bonchev–Trinajstić information content (AvgIpc) is 2.81. The molecular formula is C29H39N3. The van der Waals surface area contributed by atoms with Gasteiger partial charge in [0.1, 0.15) is 0 Å². The maximum atomic E-state index is 2.48. The Balaban J connectivity index is 2.02. The summed E-state index contributed by atoms with van der Waals surface area (Å²) in [5.41, 5.74) is 7.70. The van der Waals surface area contributed by atoms with E-state index in [2.05, 4.69) is 136 Å². The van der Waals surface area contributed by atoms with Crippen molar-refractivity contribution < 1.29 is 0 Å². The number of hydrogen-bond donors (Lipinski definition) is 0. The van der Waals surface area contributed by atoms with Crippen LogP contribution in [0.5, 0.6) is 0 Å². The van der Waals surface area contributed by atoms with Gasteiger partial charge >= 0.3 is 0 Å².